The van der Waals surface area contributed by atoms with Crippen molar-refractivity contribution in [1.29, 1.82) is 0 Å². The number of nitrogens with zero attached hydrogens (tertiary/aromatic N) is 3. The highest BCUT2D eigenvalue weighted by molar-refractivity contribution is 7.15. The Hall–Kier alpha value is -2.22. The highest BCUT2D eigenvalue weighted by atomic mass is 32.1. The first-order chi connectivity index (χ1) is 9.82. The van der Waals surface area contributed by atoms with Crippen LogP contribution in [0.2, 0.25) is 0 Å². The smallest absolute Gasteiger partial charge is 0.341 e. The average Bonchev–Trinajstić information content (AvgIpc) is 2.78. The van der Waals surface area contributed by atoms with Crippen LogP contribution < -0.4 is 11.3 Å². The summed E-state index contributed by atoms with van der Waals surface area (Å²) in [6.07, 6.45) is 1.59. The van der Waals surface area contributed by atoms with E-state index in [1.54, 1.807) is 19.2 Å². The zero-order chi connectivity index (χ0) is 15.7. The molecule has 0 aromatic carbocycles. The molecule has 0 fully saturated rings. The van der Waals surface area contributed by atoms with Gasteiger partial charge in [-0.15, -0.1) is 10.2 Å². The number of hydrogen-bond acceptors (Lipinski definition) is 6. The Morgan fingerprint density at radius 2 is 2.10 bits per heavy atom. The van der Waals surface area contributed by atoms with Crippen LogP contribution in [0.25, 0.3) is 0 Å². The summed E-state index contributed by atoms with van der Waals surface area (Å²) < 4.78 is 1.39. The van der Waals surface area contributed by atoms with Gasteiger partial charge in [0, 0.05) is 6.20 Å². The van der Waals surface area contributed by atoms with E-state index in [9.17, 15) is 14.7 Å². The Labute approximate surface area is 125 Å². The molecule has 0 aliphatic carbocycles. The fraction of sp³-hybridized carbons (Fsp3) is 0.385. The van der Waals surface area contributed by atoms with E-state index in [0.717, 1.165) is 0 Å². The number of pyridine rings is 1. The van der Waals surface area contributed by atoms with Crippen molar-refractivity contribution in [3.63, 3.8) is 0 Å². The summed E-state index contributed by atoms with van der Waals surface area (Å²) in [7, 11) is 0. The summed E-state index contributed by atoms with van der Waals surface area (Å²) in [4.78, 5) is 23.7. The predicted molar refractivity (Wildman–Crippen MR) is 79.7 cm³/mol. The standard InChI is InChI=1S/C13H16N4O3S/c1-6(2)9(10-15-16-13(14)21-10)17-5-4-7(3)8(11(17)18)12(19)20/h4-6,9H,1-3H3,(H2,14,16)(H,19,20). The first-order valence-electron chi connectivity index (χ1n) is 6.36. The Bertz CT molecular complexity index is 735. The van der Waals surface area contributed by atoms with Crippen LogP contribution in [-0.2, 0) is 0 Å². The summed E-state index contributed by atoms with van der Waals surface area (Å²) in [6.45, 7) is 5.45. The fourth-order valence-electron chi connectivity index (χ4n) is 2.21. The third-order valence-electron chi connectivity index (χ3n) is 3.18. The minimum absolute atomic E-state index is 0.0272. The van der Waals surface area contributed by atoms with E-state index in [0.29, 0.717) is 15.7 Å². The number of rotatable bonds is 4. The van der Waals surface area contributed by atoms with Gasteiger partial charge in [-0.2, -0.15) is 0 Å². The third kappa shape index (κ3) is 2.80. The van der Waals surface area contributed by atoms with Crippen LogP contribution in [0, 0.1) is 12.8 Å². The lowest BCUT2D eigenvalue weighted by molar-refractivity contribution is 0.0693. The van der Waals surface area contributed by atoms with E-state index in [-0.39, 0.29) is 11.5 Å². The van der Waals surface area contributed by atoms with Crippen molar-refractivity contribution >= 4 is 22.4 Å². The van der Waals surface area contributed by atoms with Gasteiger partial charge in [-0.25, -0.2) is 4.79 Å². The molecule has 2 heterocycles. The van der Waals surface area contributed by atoms with Crippen LogP contribution in [0.4, 0.5) is 5.13 Å². The molecule has 8 heteroatoms. The summed E-state index contributed by atoms with van der Waals surface area (Å²) in [5.74, 6) is -1.20. The molecule has 2 rings (SSSR count). The second kappa shape index (κ2) is 5.65. The van der Waals surface area contributed by atoms with Gasteiger partial charge in [0.1, 0.15) is 10.6 Å². The molecule has 0 saturated carbocycles. The molecule has 0 bridgehead atoms. The normalized spacial score (nSPS) is 12.6. The molecular formula is C13H16N4O3S. The summed E-state index contributed by atoms with van der Waals surface area (Å²) in [5.41, 5.74) is 5.26. The predicted octanol–water partition coefficient (Wildman–Crippen LogP) is 1.53. The van der Waals surface area contributed by atoms with E-state index < -0.39 is 17.6 Å². The van der Waals surface area contributed by atoms with Crippen LogP contribution in [0.3, 0.4) is 0 Å². The van der Waals surface area contributed by atoms with E-state index >= 15 is 0 Å². The number of hydrogen-bond donors (Lipinski definition) is 2. The maximum atomic E-state index is 12.5. The van der Waals surface area contributed by atoms with Gasteiger partial charge >= 0.3 is 5.97 Å². The highest BCUT2D eigenvalue weighted by Crippen LogP contribution is 2.28. The molecule has 112 valence electrons. The van der Waals surface area contributed by atoms with Crippen molar-refractivity contribution < 1.29 is 9.90 Å². The SMILES string of the molecule is Cc1ccn(C(c2nnc(N)s2)C(C)C)c(=O)c1C(=O)O. The van der Waals surface area contributed by atoms with E-state index in [1.807, 2.05) is 13.8 Å². The second-order valence-electron chi connectivity index (χ2n) is 5.06. The van der Waals surface area contributed by atoms with Gasteiger partial charge in [0.05, 0.1) is 6.04 Å². The van der Waals surface area contributed by atoms with Crippen LogP contribution in [0.15, 0.2) is 17.1 Å². The van der Waals surface area contributed by atoms with Gasteiger partial charge in [0.2, 0.25) is 5.13 Å². The lowest BCUT2D eigenvalue weighted by Gasteiger charge is -2.21. The summed E-state index contributed by atoms with van der Waals surface area (Å²) in [5, 5.41) is 17.9. The molecule has 0 aliphatic heterocycles. The zero-order valence-corrected chi connectivity index (χ0v) is 12.7. The number of carboxylic acid groups (broad SMARTS) is 1. The maximum absolute atomic E-state index is 12.5. The highest BCUT2D eigenvalue weighted by Gasteiger charge is 2.25. The van der Waals surface area contributed by atoms with Crippen molar-refractivity contribution in [2.45, 2.75) is 26.8 Å². The number of nitrogen functional groups attached to an aromatic ring is 1. The first-order valence-corrected chi connectivity index (χ1v) is 7.18. The van der Waals surface area contributed by atoms with Gasteiger partial charge < -0.3 is 15.4 Å². The molecule has 3 N–H and O–H groups in total. The molecule has 0 aliphatic rings. The van der Waals surface area contributed by atoms with E-state index in [1.165, 1.54) is 15.9 Å². The van der Waals surface area contributed by atoms with Gasteiger partial charge in [0.15, 0.2) is 0 Å². The molecule has 1 atom stereocenters. The average molecular weight is 308 g/mol. The topological polar surface area (TPSA) is 111 Å². The Kier molecular flexibility index (Phi) is 4.08. The van der Waals surface area contributed by atoms with Crippen molar-refractivity contribution in [2.24, 2.45) is 5.92 Å². The van der Waals surface area contributed by atoms with E-state index in [2.05, 4.69) is 10.2 Å². The van der Waals surface area contributed by atoms with Crippen LogP contribution in [0.5, 0.6) is 0 Å². The van der Waals surface area contributed by atoms with Gasteiger partial charge in [-0.3, -0.25) is 4.79 Å². The largest absolute Gasteiger partial charge is 0.477 e. The first kappa shape index (κ1) is 15.2. The van der Waals surface area contributed by atoms with Crippen molar-refractivity contribution in [3.8, 4) is 0 Å². The third-order valence-corrected chi connectivity index (χ3v) is 4.01. The Morgan fingerprint density at radius 3 is 2.57 bits per heavy atom. The van der Waals surface area contributed by atoms with Gasteiger partial charge in [-0.1, -0.05) is 25.2 Å². The van der Waals surface area contributed by atoms with Gasteiger partial charge in [0.25, 0.3) is 5.56 Å². The lowest BCUT2D eigenvalue weighted by atomic mass is 10.0. The minimum atomic E-state index is -1.23. The molecule has 21 heavy (non-hydrogen) atoms. The zero-order valence-electron chi connectivity index (χ0n) is 11.9. The number of carboxylic acids is 1. The number of nitrogens with two attached hydrogens (primary N) is 1. The molecule has 0 radical (unpaired) electrons. The summed E-state index contributed by atoms with van der Waals surface area (Å²) >= 11 is 1.19. The molecule has 0 amide bonds. The maximum Gasteiger partial charge on any atom is 0.341 e. The molecular weight excluding hydrogens is 292 g/mol. The number of aryl methyl sites for hydroxylation is 1. The molecule has 0 spiro atoms. The molecule has 0 saturated heterocycles. The monoisotopic (exact) mass is 308 g/mol. The van der Waals surface area contributed by atoms with Crippen LogP contribution in [0.1, 0.15) is 40.8 Å². The van der Waals surface area contributed by atoms with E-state index in [4.69, 9.17) is 5.73 Å². The number of anilines is 1. The Morgan fingerprint density at radius 1 is 1.43 bits per heavy atom. The minimum Gasteiger partial charge on any atom is -0.477 e. The Balaban J connectivity index is 2.65. The summed E-state index contributed by atoms with van der Waals surface area (Å²) in [6, 6.07) is 1.22. The quantitative estimate of drug-likeness (QED) is 0.886. The van der Waals surface area contributed by atoms with Crippen molar-refractivity contribution in [1.82, 2.24) is 14.8 Å². The fourth-order valence-corrected chi connectivity index (χ4v) is 3.10. The number of aromatic nitrogens is 3. The molecule has 2 aromatic heterocycles. The second-order valence-corrected chi connectivity index (χ2v) is 6.10. The van der Waals surface area contributed by atoms with Crippen LogP contribution in [-0.4, -0.2) is 25.8 Å². The van der Waals surface area contributed by atoms with Crippen molar-refractivity contribution in [3.05, 3.63) is 38.8 Å². The molecule has 7 nitrogen and oxygen atoms in total. The van der Waals surface area contributed by atoms with Gasteiger partial charge in [-0.05, 0) is 24.5 Å². The molecule has 2 aromatic rings. The number of carbonyl (C=O) groups is 1. The van der Waals surface area contributed by atoms with Crippen LogP contribution >= 0.6 is 11.3 Å². The molecule has 1 unspecified atom stereocenters. The number of aromatic carboxylic acids is 1. The van der Waals surface area contributed by atoms with Crippen molar-refractivity contribution in [2.75, 3.05) is 5.73 Å². The lowest BCUT2D eigenvalue weighted by Crippen LogP contribution is -2.32.